The molecular formula is C17H19Cl3N2O2. The molecule has 0 unspecified atom stereocenters. The summed E-state index contributed by atoms with van der Waals surface area (Å²) in [5, 5.41) is 3.60. The van der Waals surface area contributed by atoms with E-state index in [-0.39, 0.29) is 27.4 Å². The van der Waals surface area contributed by atoms with Gasteiger partial charge in [-0.25, -0.2) is 0 Å². The van der Waals surface area contributed by atoms with Crippen molar-refractivity contribution in [3.8, 4) is 0 Å². The molecule has 1 aliphatic heterocycles. The highest BCUT2D eigenvalue weighted by Crippen LogP contribution is 2.33. The number of nitrogens with zero attached hydrogens (tertiary/aromatic N) is 1. The molecule has 24 heavy (non-hydrogen) atoms. The summed E-state index contributed by atoms with van der Waals surface area (Å²) in [5.41, 5.74) is 2.50. The lowest BCUT2D eigenvalue weighted by Crippen LogP contribution is -2.33. The quantitative estimate of drug-likeness (QED) is 0.561. The molecule has 0 bridgehead atoms. The molecule has 2 rings (SSSR count). The average molecular weight is 390 g/mol. The van der Waals surface area contributed by atoms with Crippen LogP contribution in [0.3, 0.4) is 0 Å². The fourth-order valence-corrected chi connectivity index (χ4v) is 3.00. The number of anilines is 1. The second-order valence-corrected chi connectivity index (χ2v) is 6.91. The molecule has 0 aromatic heterocycles. The van der Waals surface area contributed by atoms with Crippen LogP contribution in [0.1, 0.15) is 20.3 Å². The monoisotopic (exact) mass is 388 g/mol. The van der Waals surface area contributed by atoms with E-state index in [1.54, 1.807) is 12.1 Å². The molecule has 1 aromatic rings. The SMILES string of the molecule is C=C(C)CN1CCOC(CC(=O)Nc2cc(Cl)c(Cl)c(Cl)c2)=C1C. The van der Waals surface area contributed by atoms with E-state index in [0.29, 0.717) is 18.1 Å². The van der Waals surface area contributed by atoms with Crippen LogP contribution in [-0.2, 0) is 9.53 Å². The van der Waals surface area contributed by atoms with Crippen molar-refractivity contribution in [3.63, 3.8) is 0 Å². The van der Waals surface area contributed by atoms with Gasteiger partial charge in [-0.1, -0.05) is 47.0 Å². The van der Waals surface area contributed by atoms with E-state index in [2.05, 4.69) is 16.8 Å². The lowest BCUT2D eigenvalue weighted by molar-refractivity contribution is -0.116. The maximum atomic E-state index is 12.3. The van der Waals surface area contributed by atoms with Gasteiger partial charge in [0.15, 0.2) is 0 Å². The lowest BCUT2D eigenvalue weighted by Gasteiger charge is -2.32. The van der Waals surface area contributed by atoms with E-state index >= 15 is 0 Å². The van der Waals surface area contributed by atoms with Gasteiger partial charge in [0.2, 0.25) is 5.91 Å². The molecule has 0 atom stereocenters. The third-order valence-corrected chi connectivity index (χ3v) is 4.76. The smallest absolute Gasteiger partial charge is 0.232 e. The minimum atomic E-state index is -0.212. The normalized spacial score (nSPS) is 14.5. The number of carbonyl (C=O) groups is 1. The van der Waals surface area contributed by atoms with Gasteiger partial charge >= 0.3 is 0 Å². The van der Waals surface area contributed by atoms with Gasteiger partial charge in [-0.3, -0.25) is 4.79 Å². The van der Waals surface area contributed by atoms with Crippen LogP contribution in [0.25, 0.3) is 0 Å². The summed E-state index contributed by atoms with van der Waals surface area (Å²) < 4.78 is 5.65. The van der Waals surface area contributed by atoms with E-state index in [0.717, 1.165) is 24.4 Å². The van der Waals surface area contributed by atoms with Crippen LogP contribution >= 0.6 is 34.8 Å². The highest BCUT2D eigenvalue weighted by atomic mass is 35.5. The summed E-state index contributed by atoms with van der Waals surface area (Å²) in [5.74, 6) is 0.446. The zero-order chi connectivity index (χ0) is 17.9. The first-order chi connectivity index (χ1) is 11.3. The van der Waals surface area contributed by atoms with Crippen molar-refractivity contribution >= 4 is 46.4 Å². The third-order valence-electron chi connectivity index (χ3n) is 3.56. The first kappa shape index (κ1) is 19.0. The molecule has 0 fully saturated rings. The van der Waals surface area contributed by atoms with Crippen molar-refractivity contribution in [2.24, 2.45) is 0 Å². The Kier molecular flexibility index (Phi) is 6.44. The van der Waals surface area contributed by atoms with Crippen molar-refractivity contribution in [1.82, 2.24) is 4.90 Å². The van der Waals surface area contributed by atoms with Crippen LogP contribution in [0, 0.1) is 0 Å². The van der Waals surface area contributed by atoms with Crippen molar-refractivity contribution in [2.45, 2.75) is 20.3 Å². The van der Waals surface area contributed by atoms with Gasteiger partial charge < -0.3 is 15.0 Å². The number of halogens is 3. The van der Waals surface area contributed by atoms with Gasteiger partial charge in [0.1, 0.15) is 12.4 Å². The number of benzene rings is 1. The highest BCUT2D eigenvalue weighted by molar-refractivity contribution is 6.48. The molecule has 1 amide bonds. The Balaban J connectivity index is 2.07. The van der Waals surface area contributed by atoms with Gasteiger partial charge in [-0.2, -0.15) is 0 Å². The van der Waals surface area contributed by atoms with Crippen LogP contribution in [-0.4, -0.2) is 30.5 Å². The fraction of sp³-hybridized carbons (Fsp3) is 0.353. The van der Waals surface area contributed by atoms with Gasteiger partial charge in [0.05, 0.1) is 28.0 Å². The second kappa shape index (κ2) is 8.15. The maximum absolute atomic E-state index is 12.3. The van der Waals surface area contributed by atoms with Crippen molar-refractivity contribution in [1.29, 1.82) is 0 Å². The van der Waals surface area contributed by atoms with E-state index < -0.39 is 0 Å². The van der Waals surface area contributed by atoms with E-state index in [1.807, 2.05) is 13.8 Å². The standard InChI is InChI=1S/C17H19Cl3N2O2/c1-10(2)9-22-4-5-24-15(11(22)3)8-16(23)21-12-6-13(18)17(20)14(19)7-12/h6-7H,1,4-5,8-9H2,2-3H3,(H,21,23). The van der Waals surface area contributed by atoms with Gasteiger partial charge in [-0.05, 0) is 26.0 Å². The number of ether oxygens (including phenoxy) is 1. The van der Waals surface area contributed by atoms with Crippen LogP contribution < -0.4 is 5.32 Å². The van der Waals surface area contributed by atoms with Crippen LogP contribution in [0.15, 0.2) is 35.7 Å². The summed E-state index contributed by atoms with van der Waals surface area (Å²) in [6.45, 7) is 9.93. The Morgan fingerprint density at radius 3 is 2.54 bits per heavy atom. The van der Waals surface area contributed by atoms with Crippen molar-refractivity contribution in [3.05, 3.63) is 50.8 Å². The second-order valence-electron chi connectivity index (χ2n) is 5.71. The molecule has 4 nitrogen and oxygen atoms in total. The van der Waals surface area contributed by atoms with Crippen LogP contribution in [0.5, 0.6) is 0 Å². The predicted molar refractivity (Wildman–Crippen MR) is 99.8 cm³/mol. The van der Waals surface area contributed by atoms with Crippen LogP contribution in [0.4, 0.5) is 5.69 Å². The van der Waals surface area contributed by atoms with Crippen LogP contribution in [0.2, 0.25) is 15.1 Å². The molecular weight excluding hydrogens is 371 g/mol. The highest BCUT2D eigenvalue weighted by Gasteiger charge is 2.20. The van der Waals surface area contributed by atoms with E-state index in [1.165, 1.54) is 0 Å². The van der Waals surface area contributed by atoms with Crippen molar-refractivity contribution < 1.29 is 9.53 Å². The number of nitrogens with one attached hydrogen (secondary N) is 1. The van der Waals surface area contributed by atoms with E-state index in [9.17, 15) is 4.79 Å². The Bertz CT molecular complexity index is 678. The minimum absolute atomic E-state index is 0.135. The summed E-state index contributed by atoms with van der Waals surface area (Å²) in [4.78, 5) is 14.4. The van der Waals surface area contributed by atoms with Gasteiger partial charge in [0, 0.05) is 17.9 Å². The summed E-state index contributed by atoms with van der Waals surface area (Å²) in [7, 11) is 0. The molecule has 1 heterocycles. The Hall–Kier alpha value is -1.36. The minimum Gasteiger partial charge on any atom is -0.494 e. The zero-order valence-electron chi connectivity index (χ0n) is 13.6. The molecule has 7 heteroatoms. The Morgan fingerprint density at radius 2 is 1.96 bits per heavy atom. The topological polar surface area (TPSA) is 41.6 Å². The molecule has 0 radical (unpaired) electrons. The summed E-state index contributed by atoms with van der Waals surface area (Å²) in [6, 6.07) is 3.12. The van der Waals surface area contributed by atoms with Crippen molar-refractivity contribution in [2.75, 3.05) is 25.0 Å². The fourth-order valence-electron chi connectivity index (χ4n) is 2.41. The summed E-state index contributed by atoms with van der Waals surface area (Å²) >= 11 is 17.8. The van der Waals surface area contributed by atoms with Gasteiger partial charge in [0.25, 0.3) is 0 Å². The maximum Gasteiger partial charge on any atom is 0.232 e. The number of amides is 1. The first-order valence-electron chi connectivity index (χ1n) is 7.44. The average Bonchev–Trinajstić information content (AvgIpc) is 2.48. The predicted octanol–water partition coefficient (Wildman–Crippen LogP) is 5.12. The molecule has 0 aliphatic carbocycles. The molecule has 1 aliphatic rings. The molecule has 0 saturated carbocycles. The lowest BCUT2D eigenvalue weighted by atomic mass is 10.2. The third kappa shape index (κ3) is 4.82. The number of allylic oxidation sites excluding steroid dienone is 1. The van der Waals surface area contributed by atoms with E-state index in [4.69, 9.17) is 39.5 Å². The first-order valence-corrected chi connectivity index (χ1v) is 8.57. The Labute approximate surface area is 157 Å². The number of rotatable bonds is 5. The number of hydrogen-bond acceptors (Lipinski definition) is 3. The molecule has 0 spiro atoms. The number of carbonyl (C=O) groups excluding carboxylic acids is 1. The molecule has 1 aromatic carbocycles. The molecule has 1 N–H and O–H groups in total. The van der Waals surface area contributed by atoms with Gasteiger partial charge in [-0.15, -0.1) is 0 Å². The molecule has 0 saturated heterocycles. The summed E-state index contributed by atoms with van der Waals surface area (Å²) in [6.07, 6.45) is 0.135. The number of hydrogen-bond donors (Lipinski definition) is 1. The Morgan fingerprint density at radius 1 is 1.33 bits per heavy atom. The largest absolute Gasteiger partial charge is 0.494 e. The zero-order valence-corrected chi connectivity index (χ0v) is 15.9. The molecule has 130 valence electrons.